The van der Waals surface area contributed by atoms with Gasteiger partial charge in [0.2, 0.25) is 0 Å². The van der Waals surface area contributed by atoms with Gasteiger partial charge in [-0.2, -0.15) is 0 Å². The van der Waals surface area contributed by atoms with Gasteiger partial charge in [0.1, 0.15) is 5.25 Å². The van der Waals surface area contributed by atoms with E-state index in [1.165, 1.54) is 25.6 Å². The SMILES string of the molecule is CC(=O)C(Sc1ccc(Cl)cc1)C(C)=O. The molecule has 0 unspecified atom stereocenters. The van der Waals surface area contributed by atoms with Gasteiger partial charge in [-0.15, -0.1) is 11.8 Å². The van der Waals surface area contributed by atoms with Crippen molar-refractivity contribution < 1.29 is 9.59 Å². The number of rotatable bonds is 4. The summed E-state index contributed by atoms with van der Waals surface area (Å²) in [6, 6.07) is 7.07. The van der Waals surface area contributed by atoms with Crippen LogP contribution in [0.15, 0.2) is 29.2 Å². The highest BCUT2D eigenvalue weighted by Gasteiger charge is 2.20. The molecule has 0 atom stereocenters. The average molecular weight is 243 g/mol. The van der Waals surface area contributed by atoms with Gasteiger partial charge in [0.15, 0.2) is 11.6 Å². The second-order valence-corrected chi connectivity index (χ2v) is 4.79. The Morgan fingerprint density at radius 3 is 2.00 bits per heavy atom. The van der Waals surface area contributed by atoms with Crippen LogP contribution in [-0.2, 0) is 9.59 Å². The molecule has 15 heavy (non-hydrogen) atoms. The maximum Gasteiger partial charge on any atom is 0.150 e. The molecule has 4 heteroatoms. The Hall–Kier alpha value is -0.800. The van der Waals surface area contributed by atoms with Crippen molar-refractivity contribution in [3.05, 3.63) is 29.3 Å². The third-order valence-electron chi connectivity index (χ3n) is 1.81. The lowest BCUT2D eigenvalue weighted by Crippen LogP contribution is -2.21. The van der Waals surface area contributed by atoms with Gasteiger partial charge in [-0.25, -0.2) is 0 Å². The molecule has 0 aromatic heterocycles. The van der Waals surface area contributed by atoms with Crippen LogP contribution >= 0.6 is 23.4 Å². The highest BCUT2D eigenvalue weighted by molar-refractivity contribution is 8.01. The summed E-state index contributed by atoms with van der Waals surface area (Å²) in [5.74, 6) is -0.245. The van der Waals surface area contributed by atoms with E-state index in [4.69, 9.17) is 11.6 Å². The quantitative estimate of drug-likeness (QED) is 0.601. The minimum atomic E-state index is -0.605. The molecule has 0 saturated carbocycles. The highest BCUT2D eigenvalue weighted by Crippen LogP contribution is 2.25. The monoisotopic (exact) mass is 242 g/mol. The average Bonchev–Trinajstić information content (AvgIpc) is 2.15. The fourth-order valence-corrected chi connectivity index (χ4v) is 2.12. The van der Waals surface area contributed by atoms with Crippen LogP contribution < -0.4 is 0 Å². The predicted octanol–water partition coefficient (Wildman–Crippen LogP) is 2.98. The van der Waals surface area contributed by atoms with Crippen LogP contribution in [0.25, 0.3) is 0 Å². The van der Waals surface area contributed by atoms with E-state index in [1.807, 2.05) is 0 Å². The summed E-state index contributed by atoms with van der Waals surface area (Å²) in [5, 5.41) is 0.0349. The second-order valence-electron chi connectivity index (χ2n) is 3.17. The van der Waals surface area contributed by atoms with Gasteiger partial charge in [0, 0.05) is 9.92 Å². The molecule has 0 aliphatic carbocycles. The van der Waals surface area contributed by atoms with E-state index in [1.54, 1.807) is 24.3 Å². The van der Waals surface area contributed by atoms with Gasteiger partial charge in [-0.1, -0.05) is 11.6 Å². The molecular weight excluding hydrogens is 232 g/mol. The first-order chi connectivity index (χ1) is 7.00. The molecular formula is C11H11ClO2S. The molecule has 0 N–H and O–H groups in total. The van der Waals surface area contributed by atoms with E-state index in [9.17, 15) is 9.59 Å². The van der Waals surface area contributed by atoms with Gasteiger partial charge >= 0.3 is 0 Å². The molecule has 0 bridgehead atoms. The molecule has 2 nitrogen and oxygen atoms in total. The Bertz CT molecular complexity index is 359. The summed E-state index contributed by atoms with van der Waals surface area (Å²) < 4.78 is 0. The van der Waals surface area contributed by atoms with Gasteiger partial charge in [-0.05, 0) is 38.1 Å². The summed E-state index contributed by atoms with van der Waals surface area (Å²) in [6.07, 6.45) is 0. The number of hydrogen-bond donors (Lipinski definition) is 0. The van der Waals surface area contributed by atoms with Crippen LogP contribution in [0.2, 0.25) is 5.02 Å². The highest BCUT2D eigenvalue weighted by atomic mass is 35.5. The second kappa shape index (κ2) is 5.33. The number of benzene rings is 1. The van der Waals surface area contributed by atoms with Crippen molar-refractivity contribution in [2.24, 2.45) is 0 Å². The maximum atomic E-state index is 11.2. The lowest BCUT2D eigenvalue weighted by molar-refractivity contribution is -0.123. The first-order valence-corrected chi connectivity index (χ1v) is 5.69. The van der Waals surface area contributed by atoms with E-state index in [-0.39, 0.29) is 11.6 Å². The van der Waals surface area contributed by atoms with Gasteiger partial charge < -0.3 is 0 Å². The molecule has 0 radical (unpaired) electrons. The minimum absolute atomic E-state index is 0.123. The Morgan fingerprint density at radius 1 is 1.13 bits per heavy atom. The molecule has 0 aliphatic rings. The molecule has 0 saturated heterocycles. The van der Waals surface area contributed by atoms with Crippen LogP contribution in [0, 0.1) is 0 Å². The summed E-state index contributed by atoms with van der Waals surface area (Å²) in [4.78, 5) is 23.2. The number of ketones is 2. The zero-order valence-electron chi connectivity index (χ0n) is 8.49. The summed E-state index contributed by atoms with van der Waals surface area (Å²) in [5.41, 5.74) is 0. The number of thioether (sulfide) groups is 1. The number of carbonyl (C=O) groups is 2. The van der Waals surface area contributed by atoms with Crippen molar-refractivity contribution in [1.29, 1.82) is 0 Å². The standard InChI is InChI=1S/C11H11ClO2S/c1-7(13)11(8(2)14)15-10-5-3-9(12)4-6-10/h3-6,11H,1-2H3. The molecule has 0 heterocycles. The van der Waals surface area contributed by atoms with Crippen molar-refractivity contribution in [2.45, 2.75) is 24.0 Å². The van der Waals surface area contributed by atoms with Crippen LogP contribution in [0.5, 0.6) is 0 Å². The predicted molar refractivity (Wildman–Crippen MR) is 62.5 cm³/mol. The van der Waals surface area contributed by atoms with E-state index in [0.29, 0.717) is 5.02 Å². The van der Waals surface area contributed by atoms with Crippen molar-refractivity contribution in [2.75, 3.05) is 0 Å². The van der Waals surface area contributed by atoms with Crippen molar-refractivity contribution in [3.63, 3.8) is 0 Å². The minimum Gasteiger partial charge on any atom is -0.298 e. The molecule has 80 valence electrons. The number of carbonyl (C=O) groups excluding carboxylic acids is 2. The third kappa shape index (κ3) is 3.68. The Kier molecular flexibility index (Phi) is 4.36. The van der Waals surface area contributed by atoms with Gasteiger partial charge in [-0.3, -0.25) is 9.59 Å². The first-order valence-electron chi connectivity index (χ1n) is 4.44. The smallest absolute Gasteiger partial charge is 0.150 e. The molecule has 0 spiro atoms. The Balaban J connectivity index is 2.79. The van der Waals surface area contributed by atoms with Crippen molar-refractivity contribution in [3.8, 4) is 0 Å². The number of hydrogen-bond acceptors (Lipinski definition) is 3. The van der Waals surface area contributed by atoms with Crippen LogP contribution in [0.1, 0.15) is 13.8 Å². The van der Waals surface area contributed by atoms with Gasteiger partial charge in [0.25, 0.3) is 0 Å². The maximum absolute atomic E-state index is 11.2. The molecule has 0 amide bonds. The normalized spacial score (nSPS) is 10.4. The molecule has 1 rings (SSSR count). The zero-order chi connectivity index (χ0) is 11.4. The Labute approximate surface area is 98.0 Å². The van der Waals surface area contributed by atoms with Crippen molar-refractivity contribution in [1.82, 2.24) is 0 Å². The number of Topliss-reactive ketones (excluding diaryl/α,β-unsaturated/α-hetero) is 2. The van der Waals surface area contributed by atoms with E-state index < -0.39 is 5.25 Å². The topological polar surface area (TPSA) is 34.1 Å². The summed E-state index contributed by atoms with van der Waals surface area (Å²) in [6.45, 7) is 2.85. The molecule has 0 fully saturated rings. The molecule has 1 aromatic carbocycles. The first kappa shape index (κ1) is 12.3. The van der Waals surface area contributed by atoms with Gasteiger partial charge in [0.05, 0.1) is 0 Å². The van der Waals surface area contributed by atoms with Crippen LogP contribution in [-0.4, -0.2) is 16.8 Å². The lowest BCUT2D eigenvalue weighted by Gasteiger charge is -2.09. The zero-order valence-corrected chi connectivity index (χ0v) is 10.1. The molecule has 1 aromatic rings. The molecule has 0 aliphatic heterocycles. The third-order valence-corrected chi connectivity index (χ3v) is 3.50. The Morgan fingerprint density at radius 2 is 1.60 bits per heavy atom. The van der Waals surface area contributed by atoms with Crippen LogP contribution in [0.3, 0.4) is 0 Å². The fourth-order valence-electron chi connectivity index (χ4n) is 1.10. The van der Waals surface area contributed by atoms with E-state index in [2.05, 4.69) is 0 Å². The van der Waals surface area contributed by atoms with Crippen LogP contribution in [0.4, 0.5) is 0 Å². The summed E-state index contributed by atoms with van der Waals surface area (Å²) >= 11 is 6.99. The fraction of sp³-hybridized carbons (Fsp3) is 0.273. The number of halogens is 1. The van der Waals surface area contributed by atoms with Crippen molar-refractivity contribution >= 4 is 34.9 Å². The summed E-state index contributed by atoms with van der Waals surface area (Å²) in [7, 11) is 0. The largest absolute Gasteiger partial charge is 0.298 e. The lowest BCUT2D eigenvalue weighted by atomic mass is 10.2. The van der Waals surface area contributed by atoms with E-state index >= 15 is 0 Å². The van der Waals surface area contributed by atoms with E-state index in [0.717, 1.165) is 4.90 Å².